The summed E-state index contributed by atoms with van der Waals surface area (Å²) in [4.78, 5) is 10.4. The van der Waals surface area contributed by atoms with Crippen LogP contribution in [0.5, 0.6) is 0 Å². The van der Waals surface area contributed by atoms with Crippen LogP contribution in [0.15, 0.2) is 12.3 Å². The molecule has 0 rings (SSSR count). The minimum absolute atomic E-state index is 0. The Bertz CT molecular complexity index is 190. The van der Waals surface area contributed by atoms with E-state index in [9.17, 15) is 4.79 Å². The van der Waals surface area contributed by atoms with Crippen LogP contribution in [0.25, 0.3) is 0 Å². The Labute approximate surface area is 88.2 Å². The van der Waals surface area contributed by atoms with Gasteiger partial charge in [-0.3, -0.25) is 0 Å². The number of esters is 1. The molecule has 0 spiro atoms. The molecule has 0 radical (unpaired) electrons. The van der Waals surface area contributed by atoms with E-state index in [-0.39, 0.29) is 31.0 Å². The zero-order valence-corrected chi connectivity index (χ0v) is 8.44. The summed E-state index contributed by atoms with van der Waals surface area (Å²) in [5.41, 5.74) is 0. The summed E-state index contributed by atoms with van der Waals surface area (Å²) >= 11 is 0. The van der Waals surface area contributed by atoms with Gasteiger partial charge in [0.15, 0.2) is 6.10 Å². The van der Waals surface area contributed by atoms with E-state index in [1.54, 1.807) is 6.07 Å². The van der Waals surface area contributed by atoms with Crippen molar-refractivity contribution in [3.05, 3.63) is 12.3 Å². The van der Waals surface area contributed by atoms with Gasteiger partial charge in [0.25, 0.3) is 0 Å². The second-order valence-corrected chi connectivity index (χ2v) is 1.52. The summed E-state index contributed by atoms with van der Waals surface area (Å²) in [6.07, 6.45) is 0.615. The quantitative estimate of drug-likeness (QED) is 0.215. The molecule has 0 aromatic carbocycles. The first-order valence-corrected chi connectivity index (χ1v) is 2.61. The average molecular weight is 165 g/mol. The Morgan fingerprint density at radius 1 is 1.91 bits per heavy atom. The van der Waals surface area contributed by atoms with Crippen LogP contribution in [-0.4, -0.2) is 17.2 Å². The topological polar surface area (TPSA) is 70.3 Å². The van der Waals surface area contributed by atoms with Gasteiger partial charge in [0.05, 0.1) is 12.3 Å². The Balaban J connectivity index is -0.000000405. The van der Waals surface area contributed by atoms with Crippen LogP contribution in [0.3, 0.4) is 0 Å². The van der Waals surface area contributed by atoms with Crippen LogP contribution >= 0.6 is 0 Å². The van der Waals surface area contributed by atoms with Crippen molar-refractivity contribution in [3.8, 4) is 6.07 Å². The van der Waals surface area contributed by atoms with Crippen molar-refractivity contribution in [3.63, 3.8) is 0 Å². The zero-order chi connectivity index (χ0) is 7.98. The molecule has 11 heavy (non-hydrogen) atoms. The number of hydrogen-bond donors (Lipinski definition) is 1. The summed E-state index contributed by atoms with van der Waals surface area (Å²) < 4.78 is 4.39. The molecule has 5 heteroatoms. The van der Waals surface area contributed by atoms with Gasteiger partial charge in [-0.1, -0.05) is 0 Å². The first kappa shape index (κ1) is 13.1. The molecule has 0 fully saturated rings. The van der Waals surface area contributed by atoms with Crippen molar-refractivity contribution < 1.29 is 45.6 Å². The van der Waals surface area contributed by atoms with E-state index in [4.69, 9.17) is 10.4 Å². The van der Waals surface area contributed by atoms with Crippen molar-refractivity contribution in [1.82, 2.24) is 0 Å². The maximum atomic E-state index is 10.4. The summed E-state index contributed by atoms with van der Waals surface area (Å²) in [7, 11) is 0. The molecule has 0 saturated carbocycles. The molecule has 4 nitrogen and oxygen atoms in total. The van der Waals surface area contributed by atoms with Gasteiger partial charge in [0.2, 0.25) is 0 Å². The molecular formula is C6H8NNaO3. The molecule has 1 atom stereocenters. The van der Waals surface area contributed by atoms with E-state index in [0.717, 1.165) is 6.08 Å². The molecular weight excluding hydrogens is 157 g/mol. The number of carbonyl (C=O) groups excluding carboxylic acids is 1. The number of carbonyl (C=O) groups is 1. The molecule has 1 unspecified atom stereocenters. The number of aliphatic hydroxyl groups excluding tert-OH is 1. The Kier molecular flexibility index (Phi) is 9.07. The molecule has 0 saturated heterocycles. The predicted octanol–water partition coefficient (Wildman–Crippen LogP) is -2.37. The molecule has 56 valence electrons. The van der Waals surface area contributed by atoms with Crippen molar-refractivity contribution in [1.29, 1.82) is 5.26 Å². The molecule has 0 aromatic rings. The molecule has 1 N–H and O–H groups in total. The van der Waals surface area contributed by atoms with E-state index >= 15 is 0 Å². The second-order valence-electron chi connectivity index (χ2n) is 1.52. The van der Waals surface area contributed by atoms with Crippen LogP contribution in [0.1, 0.15) is 8.35 Å². The fraction of sp³-hybridized carbons (Fsp3) is 0.333. The maximum absolute atomic E-state index is 10.4. The van der Waals surface area contributed by atoms with Crippen LogP contribution < -0.4 is 29.6 Å². The largest absolute Gasteiger partial charge is 1.00 e. The molecule has 0 bridgehead atoms. The molecule has 0 aliphatic rings. The summed E-state index contributed by atoms with van der Waals surface area (Å²) in [6, 6.07) is 1.70. The number of nitriles is 1. The monoisotopic (exact) mass is 165 g/mol. The normalized spacial score (nSPS) is 11.3. The third-order valence-electron chi connectivity index (χ3n) is 0.685. The van der Waals surface area contributed by atoms with Gasteiger partial charge in [-0.05, 0) is 6.92 Å². The van der Waals surface area contributed by atoms with Crippen molar-refractivity contribution in [2.45, 2.75) is 13.0 Å². The standard InChI is InChI=1S/C6H7NO3.Na.H/c1-5(4-7)10-6(9)2-3-8;;/h2-3,5,8H,1H3;;/q;+1;-1/b3-2+;;. The van der Waals surface area contributed by atoms with Crippen LogP contribution in [-0.2, 0) is 9.53 Å². The minimum Gasteiger partial charge on any atom is -1.00 e. The van der Waals surface area contributed by atoms with Crippen molar-refractivity contribution in [2.24, 2.45) is 0 Å². The Morgan fingerprint density at radius 3 is 2.82 bits per heavy atom. The molecule has 0 aromatic heterocycles. The van der Waals surface area contributed by atoms with Crippen molar-refractivity contribution in [2.75, 3.05) is 0 Å². The van der Waals surface area contributed by atoms with E-state index in [1.165, 1.54) is 6.92 Å². The van der Waals surface area contributed by atoms with E-state index in [1.807, 2.05) is 0 Å². The summed E-state index contributed by atoms with van der Waals surface area (Å²) in [6.45, 7) is 1.43. The van der Waals surface area contributed by atoms with Gasteiger partial charge < -0.3 is 11.3 Å². The average Bonchev–Trinajstić information content (AvgIpc) is 1.88. The van der Waals surface area contributed by atoms with Gasteiger partial charge in [0.1, 0.15) is 6.07 Å². The van der Waals surface area contributed by atoms with Gasteiger partial charge >= 0.3 is 35.5 Å². The number of rotatable bonds is 2. The summed E-state index contributed by atoms with van der Waals surface area (Å²) in [5.74, 6) is -0.725. The van der Waals surface area contributed by atoms with Gasteiger partial charge in [-0.2, -0.15) is 5.26 Å². The third-order valence-corrected chi connectivity index (χ3v) is 0.685. The third kappa shape index (κ3) is 7.40. The molecule has 0 heterocycles. The molecule has 0 aliphatic heterocycles. The maximum Gasteiger partial charge on any atom is 1.00 e. The first-order chi connectivity index (χ1) is 4.70. The Hall–Kier alpha value is -0.500. The fourth-order valence-electron chi connectivity index (χ4n) is 0.301. The number of nitrogens with zero attached hydrogens (tertiary/aromatic N) is 1. The van der Waals surface area contributed by atoms with Gasteiger partial charge in [0, 0.05) is 0 Å². The van der Waals surface area contributed by atoms with E-state index in [0.29, 0.717) is 6.26 Å². The fourth-order valence-corrected chi connectivity index (χ4v) is 0.301. The number of ether oxygens (including phenoxy) is 1. The van der Waals surface area contributed by atoms with Crippen LogP contribution in [0.4, 0.5) is 0 Å². The molecule has 0 aliphatic carbocycles. The Morgan fingerprint density at radius 2 is 2.45 bits per heavy atom. The van der Waals surface area contributed by atoms with E-state index < -0.39 is 12.1 Å². The zero-order valence-electron chi connectivity index (χ0n) is 7.44. The molecule has 0 amide bonds. The first-order valence-electron chi connectivity index (χ1n) is 2.61. The van der Waals surface area contributed by atoms with Gasteiger partial charge in [-0.25, -0.2) is 4.79 Å². The number of aliphatic hydroxyl groups is 1. The SMILES string of the molecule is CC(C#N)OC(=O)/C=C/O.[H-].[Na+]. The smallest absolute Gasteiger partial charge is 1.00 e. The van der Waals surface area contributed by atoms with E-state index in [2.05, 4.69) is 4.74 Å². The van der Waals surface area contributed by atoms with Crippen LogP contribution in [0, 0.1) is 11.3 Å². The second kappa shape index (κ2) is 7.61. The predicted molar refractivity (Wildman–Crippen MR) is 34.0 cm³/mol. The number of hydrogen-bond acceptors (Lipinski definition) is 4. The van der Waals surface area contributed by atoms with Crippen molar-refractivity contribution >= 4 is 5.97 Å². The summed E-state index contributed by atoms with van der Waals surface area (Å²) in [5, 5.41) is 16.2. The van der Waals surface area contributed by atoms with Crippen LogP contribution in [0.2, 0.25) is 0 Å². The van der Waals surface area contributed by atoms with Gasteiger partial charge in [-0.15, -0.1) is 0 Å². The minimum atomic E-state index is -0.774.